The fraction of sp³-hybridized carbons (Fsp3) is 0.625. The van der Waals surface area contributed by atoms with Crippen LogP contribution < -0.4 is 0 Å². The lowest BCUT2D eigenvalue weighted by Crippen LogP contribution is -2.35. The molecule has 0 atom stereocenters. The molecule has 1 aromatic heterocycles. The van der Waals surface area contributed by atoms with Crippen molar-refractivity contribution >= 4 is 16.8 Å². The molecule has 4 nitrogen and oxygen atoms in total. The summed E-state index contributed by atoms with van der Waals surface area (Å²) in [4.78, 5) is 17.1. The van der Waals surface area contributed by atoms with Gasteiger partial charge in [0.25, 0.3) is 0 Å². The molecule has 0 bridgehead atoms. The Labute approximate surface area is 169 Å². The number of carbonyl (C=O) groups is 1. The Morgan fingerprint density at radius 3 is 2.32 bits per heavy atom. The van der Waals surface area contributed by atoms with E-state index in [2.05, 4.69) is 44.8 Å². The number of para-hydroxylation sites is 1. The summed E-state index contributed by atoms with van der Waals surface area (Å²) < 4.78 is 2.43. The zero-order valence-corrected chi connectivity index (χ0v) is 17.2. The molecule has 2 aliphatic heterocycles. The largest absolute Gasteiger partial charge is 0.343 e. The topological polar surface area (TPSA) is 28.5 Å². The van der Waals surface area contributed by atoms with Crippen LogP contribution in [0.15, 0.2) is 30.5 Å². The Morgan fingerprint density at radius 2 is 1.54 bits per heavy atom. The molecule has 152 valence electrons. The van der Waals surface area contributed by atoms with Crippen molar-refractivity contribution in [3.63, 3.8) is 0 Å². The van der Waals surface area contributed by atoms with E-state index >= 15 is 0 Å². The summed E-state index contributed by atoms with van der Waals surface area (Å²) in [7, 11) is 0. The minimum Gasteiger partial charge on any atom is -0.343 e. The van der Waals surface area contributed by atoms with E-state index in [1.165, 1.54) is 74.5 Å². The Kier molecular flexibility index (Phi) is 6.69. The standard InChI is InChI=1S/C24H35N3O/c28-24(26-17-8-3-9-18-26)14-10-11-21-19-27(23-13-5-4-12-22(21)23)20-25-15-6-1-2-7-16-25/h4-5,12-13,19H,1-3,6-11,14-18,20H2. The molecule has 28 heavy (non-hydrogen) atoms. The quantitative estimate of drug-likeness (QED) is 0.718. The zero-order chi connectivity index (χ0) is 19.2. The van der Waals surface area contributed by atoms with E-state index in [9.17, 15) is 4.79 Å². The number of hydrogen-bond donors (Lipinski definition) is 0. The summed E-state index contributed by atoms with van der Waals surface area (Å²) >= 11 is 0. The predicted molar refractivity (Wildman–Crippen MR) is 115 cm³/mol. The number of nitrogens with zero attached hydrogens (tertiary/aromatic N) is 3. The van der Waals surface area contributed by atoms with Crippen LogP contribution >= 0.6 is 0 Å². The summed E-state index contributed by atoms with van der Waals surface area (Å²) in [6, 6.07) is 8.78. The molecule has 0 spiro atoms. The van der Waals surface area contributed by atoms with Crippen molar-refractivity contribution in [2.24, 2.45) is 0 Å². The van der Waals surface area contributed by atoms with Gasteiger partial charge in [-0.2, -0.15) is 0 Å². The van der Waals surface area contributed by atoms with Crippen LogP contribution in [0.4, 0.5) is 0 Å². The fourth-order valence-electron chi connectivity index (χ4n) is 4.86. The molecule has 3 heterocycles. The van der Waals surface area contributed by atoms with Crippen LogP contribution in [0.2, 0.25) is 0 Å². The third-order valence-electron chi connectivity index (χ3n) is 6.47. The Bertz CT molecular complexity index is 767. The van der Waals surface area contributed by atoms with Crippen molar-refractivity contribution in [1.29, 1.82) is 0 Å². The van der Waals surface area contributed by atoms with Gasteiger partial charge in [-0.15, -0.1) is 0 Å². The number of aromatic nitrogens is 1. The molecule has 4 rings (SSSR count). The zero-order valence-electron chi connectivity index (χ0n) is 17.2. The Morgan fingerprint density at radius 1 is 0.857 bits per heavy atom. The van der Waals surface area contributed by atoms with E-state index in [-0.39, 0.29) is 0 Å². The van der Waals surface area contributed by atoms with Gasteiger partial charge in [0.1, 0.15) is 0 Å². The second-order valence-corrected chi connectivity index (χ2v) is 8.61. The Hall–Kier alpha value is -1.81. The summed E-state index contributed by atoms with van der Waals surface area (Å²) in [6.45, 7) is 5.35. The number of fused-ring (bicyclic) bond motifs is 1. The predicted octanol–water partition coefficient (Wildman–Crippen LogP) is 4.81. The highest BCUT2D eigenvalue weighted by molar-refractivity contribution is 5.84. The lowest BCUT2D eigenvalue weighted by atomic mass is 10.1. The first-order chi connectivity index (χ1) is 13.8. The fourth-order valence-corrected chi connectivity index (χ4v) is 4.86. The number of rotatable bonds is 6. The van der Waals surface area contributed by atoms with E-state index in [1.54, 1.807) is 0 Å². The molecule has 2 fully saturated rings. The molecule has 0 aliphatic carbocycles. The third kappa shape index (κ3) is 4.78. The first-order valence-electron chi connectivity index (χ1n) is 11.4. The van der Waals surface area contributed by atoms with Crippen LogP contribution in [0, 0.1) is 0 Å². The van der Waals surface area contributed by atoms with Crippen LogP contribution in [0.5, 0.6) is 0 Å². The maximum atomic E-state index is 12.5. The number of aryl methyl sites for hydroxylation is 1. The first kappa shape index (κ1) is 19.5. The van der Waals surface area contributed by atoms with Crippen LogP contribution in [0.1, 0.15) is 63.4 Å². The number of hydrogen-bond acceptors (Lipinski definition) is 2. The molecule has 2 aromatic rings. The molecule has 0 saturated carbocycles. The highest BCUT2D eigenvalue weighted by atomic mass is 16.2. The van der Waals surface area contributed by atoms with Crippen LogP contribution in [-0.2, 0) is 17.9 Å². The maximum Gasteiger partial charge on any atom is 0.222 e. The van der Waals surface area contributed by atoms with Gasteiger partial charge in [0, 0.05) is 36.6 Å². The number of amides is 1. The van der Waals surface area contributed by atoms with Crippen LogP contribution in [0.3, 0.4) is 0 Å². The van der Waals surface area contributed by atoms with Crippen molar-refractivity contribution in [3.05, 3.63) is 36.0 Å². The second kappa shape index (κ2) is 9.60. The first-order valence-corrected chi connectivity index (χ1v) is 11.4. The van der Waals surface area contributed by atoms with E-state index in [4.69, 9.17) is 0 Å². The summed E-state index contributed by atoms with van der Waals surface area (Å²) in [5, 5.41) is 1.36. The molecule has 0 N–H and O–H groups in total. The van der Waals surface area contributed by atoms with Crippen molar-refractivity contribution in [1.82, 2.24) is 14.4 Å². The summed E-state index contributed by atoms with van der Waals surface area (Å²) in [5.41, 5.74) is 2.74. The van der Waals surface area contributed by atoms with Gasteiger partial charge < -0.3 is 9.47 Å². The highest BCUT2D eigenvalue weighted by Crippen LogP contribution is 2.24. The molecule has 4 heteroatoms. The molecule has 2 saturated heterocycles. The molecule has 1 amide bonds. The monoisotopic (exact) mass is 381 g/mol. The van der Waals surface area contributed by atoms with Gasteiger partial charge in [0.05, 0.1) is 6.67 Å². The Balaban J connectivity index is 1.40. The van der Waals surface area contributed by atoms with E-state index < -0.39 is 0 Å². The van der Waals surface area contributed by atoms with Gasteiger partial charge in [-0.05, 0) is 69.7 Å². The molecule has 0 radical (unpaired) electrons. The summed E-state index contributed by atoms with van der Waals surface area (Å²) in [6.07, 6.45) is 14.0. The van der Waals surface area contributed by atoms with Crippen LogP contribution in [-0.4, -0.2) is 46.5 Å². The van der Waals surface area contributed by atoms with E-state index in [1.807, 2.05) is 0 Å². The van der Waals surface area contributed by atoms with Gasteiger partial charge in [-0.3, -0.25) is 9.69 Å². The van der Waals surface area contributed by atoms with Crippen molar-refractivity contribution in [2.75, 3.05) is 26.2 Å². The van der Waals surface area contributed by atoms with Crippen molar-refractivity contribution in [2.45, 2.75) is 70.9 Å². The number of piperidine rings is 1. The third-order valence-corrected chi connectivity index (χ3v) is 6.47. The lowest BCUT2D eigenvalue weighted by Gasteiger charge is -2.26. The molecule has 0 unspecified atom stereocenters. The average Bonchev–Trinajstić information content (AvgIpc) is 2.90. The van der Waals surface area contributed by atoms with Gasteiger partial charge in [-0.1, -0.05) is 31.0 Å². The lowest BCUT2D eigenvalue weighted by molar-refractivity contribution is -0.132. The minimum atomic E-state index is 0.355. The number of likely N-dealkylation sites (tertiary alicyclic amines) is 2. The van der Waals surface area contributed by atoms with E-state index in [0.717, 1.165) is 32.6 Å². The van der Waals surface area contributed by atoms with Gasteiger partial charge >= 0.3 is 0 Å². The SMILES string of the molecule is O=C(CCCc1cn(CN2CCCCCC2)c2ccccc12)N1CCCCC1. The van der Waals surface area contributed by atoms with Gasteiger partial charge in [-0.25, -0.2) is 0 Å². The van der Waals surface area contributed by atoms with Gasteiger partial charge in [0.2, 0.25) is 5.91 Å². The van der Waals surface area contributed by atoms with Crippen molar-refractivity contribution < 1.29 is 4.79 Å². The van der Waals surface area contributed by atoms with Crippen LogP contribution in [0.25, 0.3) is 10.9 Å². The van der Waals surface area contributed by atoms with Gasteiger partial charge in [0.15, 0.2) is 0 Å². The molecular formula is C24H35N3O. The molecular weight excluding hydrogens is 346 g/mol. The van der Waals surface area contributed by atoms with E-state index in [0.29, 0.717) is 12.3 Å². The number of carbonyl (C=O) groups excluding carboxylic acids is 1. The van der Waals surface area contributed by atoms with Crippen molar-refractivity contribution in [3.8, 4) is 0 Å². The second-order valence-electron chi connectivity index (χ2n) is 8.61. The highest BCUT2D eigenvalue weighted by Gasteiger charge is 2.17. The number of benzene rings is 1. The smallest absolute Gasteiger partial charge is 0.222 e. The molecule has 1 aromatic carbocycles. The average molecular weight is 382 g/mol. The summed E-state index contributed by atoms with van der Waals surface area (Å²) in [5.74, 6) is 0.355. The minimum absolute atomic E-state index is 0.355. The molecule has 2 aliphatic rings. The normalized spacial score (nSPS) is 19.1. The maximum absolute atomic E-state index is 12.5.